The Balaban J connectivity index is 2.03. The Bertz CT molecular complexity index is 622. The third-order valence-electron chi connectivity index (χ3n) is 2.64. The molecule has 2 aromatic rings. The van der Waals surface area contributed by atoms with E-state index in [0.717, 1.165) is 4.68 Å². The minimum absolute atomic E-state index is 0.110. The van der Waals surface area contributed by atoms with Crippen molar-refractivity contribution in [1.82, 2.24) is 15.1 Å². The number of hydrogen-bond donors (Lipinski definition) is 1. The summed E-state index contributed by atoms with van der Waals surface area (Å²) in [5, 5.41) is 16.8. The number of furan rings is 1. The number of nitrogens with one attached hydrogen (secondary N) is 1. The molecule has 0 radical (unpaired) electrons. The second kappa shape index (κ2) is 5.74. The first-order valence-electron chi connectivity index (χ1n) is 5.68. The Labute approximate surface area is 118 Å². The average molecular weight is 299 g/mol. The Hall–Kier alpha value is -2.35. The summed E-state index contributed by atoms with van der Waals surface area (Å²) in [4.78, 5) is 21.8. The van der Waals surface area contributed by atoms with E-state index in [2.05, 4.69) is 10.4 Å². The first kappa shape index (κ1) is 14.1. The van der Waals surface area contributed by atoms with Crippen LogP contribution in [0.1, 0.15) is 18.7 Å². The van der Waals surface area contributed by atoms with E-state index in [1.165, 1.54) is 12.5 Å². The number of amides is 1. The normalized spacial score (nSPS) is 12.1. The molecule has 0 fully saturated rings. The maximum atomic E-state index is 11.9. The van der Waals surface area contributed by atoms with Gasteiger partial charge >= 0.3 is 5.82 Å². The number of nitrogens with zero attached hydrogens (tertiary/aromatic N) is 3. The van der Waals surface area contributed by atoms with Crippen LogP contribution < -0.4 is 5.32 Å². The van der Waals surface area contributed by atoms with Gasteiger partial charge in [0.15, 0.2) is 5.02 Å². The SMILES string of the molecule is CC(C(=O)NCc1ccco1)n1cc(Cl)c([N+](=O)[O-])n1. The number of hydrogen-bond acceptors (Lipinski definition) is 5. The van der Waals surface area contributed by atoms with Gasteiger partial charge in [0.25, 0.3) is 0 Å². The molecule has 20 heavy (non-hydrogen) atoms. The van der Waals surface area contributed by atoms with E-state index in [9.17, 15) is 14.9 Å². The second-order valence-corrected chi connectivity index (χ2v) is 4.42. The first-order chi connectivity index (χ1) is 9.49. The van der Waals surface area contributed by atoms with Crippen molar-refractivity contribution in [3.63, 3.8) is 0 Å². The van der Waals surface area contributed by atoms with E-state index < -0.39 is 16.8 Å². The van der Waals surface area contributed by atoms with Crippen molar-refractivity contribution >= 4 is 23.3 Å². The van der Waals surface area contributed by atoms with Gasteiger partial charge in [-0.05, 0) is 24.0 Å². The van der Waals surface area contributed by atoms with Gasteiger partial charge in [0.05, 0.1) is 24.1 Å². The lowest BCUT2D eigenvalue weighted by Crippen LogP contribution is -2.30. The van der Waals surface area contributed by atoms with Crippen molar-refractivity contribution in [1.29, 1.82) is 0 Å². The number of aromatic nitrogens is 2. The molecule has 8 nitrogen and oxygen atoms in total. The molecule has 106 valence electrons. The van der Waals surface area contributed by atoms with Crippen LogP contribution in [0.4, 0.5) is 5.82 Å². The zero-order valence-electron chi connectivity index (χ0n) is 10.4. The van der Waals surface area contributed by atoms with E-state index >= 15 is 0 Å². The molecule has 1 atom stereocenters. The maximum Gasteiger partial charge on any atom is 0.408 e. The Morgan fingerprint density at radius 3 is 3.00 bits per heavy atom. The van der Waals surface area contributed by atoms with E-state index in [1.54, 1.807) is 19.1 Å². The highest BCUT2D eigenvalue weighted by Gasteiger charge is 2.25. The molecule has 0 bridgehead atoms. The molecule has 0 saturated carbocycles. The van der Waals surface area contributed by atoms with E-state index in [1.807, 2.05) is 0 Å². The zero-order valence-corrected chi connectivity index (χ0v) is 11.2. The third kappa shape index (κ3) is 2.97. The fraction of sp³-hybridized carbons (Fsp3) is 0.273. The predicted molar refractivity (Wildman–Crippen MR) is 69.2 cm³/mol. The lowest BCUT2D eigenvalue weighted by Gasteiger charge is -2.08. The summed E-state index contributed by atoms with van der Waals surface area (Å²) < 4.78 is 6.23. The van der Waals surface area contributed by atoms with Gasteiger partial charge in [-0.3, -0.25) is 4.79 Å². The topological polar surface area (TPSA) is 103 Å². The molecule has 1 unspecified atom stereocenters. The largest absolute Gasteiger partial charge is 0.467 e. The van der Waals surface area contributed by atoms with Crippen LogP contribution in [0.2, 0.25) is 5.02 Å². The molecule has 1 N–H and O–H groups in total. The number of carbonyl (C=O) groups is 1. The third-order valence-corrected chi connectivity index (χ3v) is 2.90. The van der Waals surface area contributed by atoms with Gasteiger partial charge < -0.3 is 19.8 Å². The summed E-state index contributed by atoms with van der Waals surface area (Å²) in [5.41, 5.74) is 0. The first-order valence-corrected chi connectivity index (χ1v) is 6.06. The maximum absolute atomic E-state index is 11.9. The highest BCUT2D eigenvalue weighted by atomic mass is 35.5. The van der Waals surface area contributed by atoms with Gasteiger partial charge in [-0.1, -0.05) is 11.6 Å². The molecule has 2 aromatic heterocycles. The van der Waals surface area contributed by atoms with Crippen LogP contribution in [0.5, 0.6) is 0 Å². The summed E-state index contributed by atoms with van der Waals surface area (Å²) >= 11 is 5.68. The van der Waals surface area contributed by atoms with Gasteiger partial charge in [0.1, 0.15) is 11.8 Å². The highest BCUT2D eigenvalue weighted by Crippen LogP contribution is 2.23. The molecular formula is C11H11ClN4O4. The zero-order chi connectivity index (χ0) is 14.7. The predicted octanol–water partition coefficient (Wildman–Crippen LogP) is 1.92. The number of nitro groups is 1. The standard InChI is InChI=1S/C11H11ClN4O4/c1-7(11(17)13-5-8-3-2-4-20-8)15-6-9(12)10(14-15)16(18)19/h2-4,6-7H,5H2,1H3,(H,13,17). The molecule has 0 saturated heterocycles. The lowest BCUT2D eigenvalue weighted by atomic mass is 10.3. The van der Waals surface area contributed by atoms with Crippen molar-refractivity contribution in [3.05, 3.63) is 45.5 Å². The van der Waals surface area contributed by atoms with Gasteiger partial charge in [-0.25, -0.2) is 0 Å². The van der Waals surface area contributed by atoms with Crippen LogP contribution in [-0.4, -0.2) is 20.6 Å². The van der Waals surface area contributed by atoms with Gasteiger partial charge in [-0.15, -0.1) is 0 Å². The van der Waals surface area contributed by atoms with Crippen LogP contribution in [0.15, 0.2) is 29.0 Å². The molecule has 0 aromatic carbocycles. The molecule has 0 aliphatic carbocycles. The molecule has 0 aliphatic rings. The molecule has 9 heteroatoms. The van der Waals surface area contributed by atoms with Crippen molar-refractivity contribution in [2.24, 2.45) is 0 Å². The molecule has 2 heterocycles. The summed E-state index contributed by atoms with van der Waals surface area (Å²) in [5.74, 6) is -0.220. The van der Waals surface area contributed by atoms with Crippen LogP contribution in [0, 0.1) is 10.1 Å². The number of halogens is 1. The van der Waals surface area contributed by atoms with E-state index in [4.69, 9.17) is 16.0 Å². The summed E-state index contributed by atoms with van der Waals surface area (Å²) in [7, 11) is 0. The second-order valence-electron chi connectivity index (χ2n) is 4.01. The fourth-order valence-corrected chi connectivity index (χ4v) is 1.74. The molecule has 0 spiro atoms. The van der Waals surface area contributed by atoms with Crippen molar-refractivity contribution < 1.29 is 14.1 Å². The van der Waals surface area contributed by atoms with Gasteiger partial charge in [0.2, 0.25) is 5.91 Å². The molecule has 2 rings (SSSR count). The lowest BCUT2D eigenvalue weighted by molar-refractivity contribution is -0.389. The number of rotatable bonds is 5. The van der Waals surface area contributed by atoms with Crippen LogP contribution in [-0.2, 0) is 11.3 Å². The van der Waals surface area contributed by atoms with Crippen molar-refractivity contribution in [2.45, 2.75) is 19.5 Å². The van der Waals surface area contributed by atoms with Crippen molar-refractivity contribution in [2.75, 3.05) is 0 Å². The molecular weight excluding hydrogens is 288 g/mol. The minimum Gasteiger partial charge on any atom is -0.467 e. The van der Waals surface area contributed by atoms with Crippen molar-refractivity contribution in [3.8, 4) is 0 Å². The smallest absolute Gasteiger partial charge is 0.408 e. The van der Waals surface area contributed by atoms with Gasteiger partial charge in [-0.2, -0.15) is 4.68 Å². The average Bonchev–Trinajstić information content (AvgIpc) is 3.04. The molecule has 0 aliphatic heterocycles. The van der Waals surface area contributed by atoms with Gasteiger partial charge in [0, 0.05) is 0 Å². The van der Waals surface area contributed by atoms with Crippen LogP contribution in [0.25, 0.3) is 0 Å². The van der Waals surface area contributed by atoms with Crippen LogP contribution >= 0.6 is 11.6 Å². The minimum atomic E-state index is -0.726. The van der Waals surface area contributed by atoms with E-state index in [0.29, 0.717) is 5.76 Å². The highest BCUT2D eigenvalue weighted by molar-refractivity contribution is 6.32. The van der Waals surface area contributed by atoms with Crippen LogP contribution in [0.3, 0.4) is 0 Å². The Kier molecular flexibility index (Phi) is 4.04. The fourth-order valence-electron chi connectivity index (χ4n) is 1.54. The summed E-state index contributed by atoms with van der Waals surface area (Å²) in [6, 6.07) is 2.71. The monoisotopic (exact) mass is 298 g/mol. The summed E-state index contributed by atoms with van der Waals surface area (Å²) in [6.07, 6.45) is 2.75. The quantitative estimate of drug-likeness (QED) is 0.671. The Morgan fingerprint density at radius 2 is 2.45 bits per heavy atom. The van der Waals surface area contributed by atoms with E-state index in [-0.39, 0.29) is 17.5 Å². The summed E-state index contributed by atoms with van der Waals surface area (Å²) in [6.45, 7) is 1.79. The Morgan fingerprint density at radius 1 is 1.70 bits per heavy atom. The number of carbonyl (C=O) groups excluding carboxylic acids is 1. The molecule has 1 amide bonds.